The minimum atomic E-state index is -0.104. The molecule has 0 N–H and O–H groups in total. The van der Waals surface area contributed by atoms with Gasteiger partial charge >= 0.3 is 0 Å². The van der Waals surface area contributed by atoms with Crippen molar-refractivity contribution in [1.82, 2.24) is 0 Å². The summed E-state index contributed by atoms with van der Waals surface area (Å²) in [7, 11) is 0. The quantitative estimate of drug-likeness (QED) is 0.155. The Morgan fingerprint density at radius 2 is 0.716 bits per heavy atom. The topological polar surface area (TPSA) is 22.2 Å². The molecule has 4 aliphatic heterocycles. The van der Waals surface area contributed by atoms with Crippen molar-refractivity contribution in [2.45, 2.75) is 0 Å². The van der Waals surface area contributed by atoms with Crippen molar-refractivity contribution >= 4 is 114 Å². The molecule has 312 valence electrons. The smallest absolute Gasteiger partial charge is 0.256 e. The molecule has 0 spiro atoms. The van der Waals surface area contributed by atoms with Gasteiger partial charge in [-0.15, -0.1) is 0 Å². The van der Waals surface area contributed by atoms with Crippen LogP contribution in [0, 0.1) is 0 Å². The van der Waals surface area contributed by atoms with Gasteiger partial charge in [0.05, 0.1) is 5.69 Å². The van der Waals surface area contributed by atoms with Crippen LogP contribution in [0.1, 0.15) is 0 Å². The van der Waals surface area contributed by atoms with E-state index in [2.05, 4.69) is 262 Å². The molecule has 0 saturated carbocycles. The van der Waals surface area contributed by atoms with Gasteiger partial charge in [0.2, 0.25) is 0 Å². The van der Waals surface area contributed by atoms with Crippen molar-refractivity contribution in [2.24, 2.45) is 0 Å². The normalized spacial score (nSPS) is 13.3. The molecule has 0 bridgehead atoms. The van der Waals surface area contributed by atoms with E-state index in [-0.39, 0.29) is 13.4 Å². The molecule has 0 aliphatic carbocycles. The van der Waals surface area contributed by atoms with Crippen LogP contribution in [0.2, 0.25) is 0 Å². The minimum Gasteiger partial charge on any atom is -0.458 e. The number of ether oxygens (including phenoxy) is 1. The highest BCUT2D eigenvalue weighted by Crippen LogP contribution is 2.48. The molecular formula is C60H40B2N4O. The standard InChI is InChI=1S/C60H40B2N4O/c1-6-21-41(22-7-1)63(42-23-8-2-9-24-42)46-37-56-60-58(38-46)67-57-40-55-49(39-50(57)62(60)48-32-17-19-34-52(48)65(56)44-27-12-4-13-28-44)61-47-31-16-18-33-51(47)64(43-25-10-3-11-26-43)53-35-20-36-54(59(53)61)66(55)45-29-14-5-15-30-45/h1-40H. The van der Waals surface area contributed by atoms with E-state index < -0.39 is 0 Å². The lowest BCUT2D eigenvalue weighted by Gasteiger charge is -2.45. The van der Waals surface area contributed by atoms with E-state index in [1.165, 1.54) is 44.4 Å². The molecule has 14 rings (SSSR count). The van der Waals surface area contributed by atoms with Crippen LogP contribution in [0.25, 0.3) is 0 Å². The summed E-state index contributed by atoms with van der Waals surface area (Å²) in [6.45, 7) is -0.136. The zero-order valence-electron chi connectivity index (χ0n) is 36.4. The van der Waals surface area contributed by atoms with Crippen LogP contribution in [0.3, 0.4) is 0 Å². The van der Waals surface area contributed by atoms with Gasteiger partial charge in [-0.1, -0.05) is 140 Å². The van der Waals surface area contributed by atoms with Gasteiger partial charge in [-0.2, -0.15) is 0 Å². The monoisotopic (exact) mass is 854 g/mol. The van der Waals surface area contributed by atoms with Crippen molar-refractivity contribution < 1.29 is 4.74 Å². The van der Waals surface area contributed by atoms with Crippen LogP contribution < -0.4 is 57.1 Å². The summed E-state index contributed by atoms with van der Waals surface area (Å²) < 4.78 is 7.49. The second kappa shape index (κ2) is 14.9. The maximum Gasteiger partial charge on any atom is 0.256 e. The summed E-state index contributed by atoms with van der Waals surface area (Å²) >= 11 is 0. The molecule has 0 amide bonds. The summed E-state index contributed by atoms with van der Waals surface area (Å²) in [5.74, 6) is 1.72. The SMILES string of the molecule is c1ccc(N(c2ccccc2)c2cc3c4c(c2)N(c2ccccc2)c2ccccc2B4c2cc4c(cc2O3)N(c2ccccc2)c2cccc3c2B4c2ccccc2N3c2ccccc2)cc1. The Kier molecular flexibility index (Phi) is 8.40. The Balaban J connectivity index is 1.05. The van der Waals surface area contributed by atoms with Gasteiger partial charge in [0.15, 0.2) is 0 Å². The summed E-state index contributed by atoms with van der Waals surface area (Å²) in [6.07, 6.45) is 0. The minimum absolute atomic E-state index is 0.0316. The summed E-state index contributed by atoms with van der Waals surface area (Å²) in [5, 5.41) is 0. The van der Waals surface area contributed by atoms with Crippen LogP contribution in [0.4, 0.5) is 68.2 Å². The lowest BCUT2D eigenvalue weighted by Crippen LogP contribution is -2.64. The van der Waals surface area contributed by atoms with Crippen LogP contribution in [0.15, 0.2) is 243 Å². The first kappa shape index (κ1) is 37.7. The molecule has 5 nitrogen and oxygen atoms in total. The third-order valence-electron chi connectivity index (χ3n) is 14.0. The average molecular weight is 855 g/mol. The van der Waals surface area contributed by atoms with Crippen molar-refractivity contribution in [2.75, 3.05) is 19.6 Å². The van der Waals surface area contributed by atoms with Crippen LogP contribution >= 0.6 is 0 Å². The molecule has 0 radical (unpaired) electrons. The zero-order chi connectivity index (χ0) is 44.0. The Morgan fingerprint density at radius 1 is 0.284 bits per heavy atom. The Bertz CT molecular complexity index is 3500. The molecule has 0 saturated heterocycles. The third kappa shape index (κ3) is 5.71. The highest BCUT2D eigenvalue weighted by molar-refractivity contribution is 7.02. The number of fused-ring (bicyclic) bond motifs is 8. The fourth-order valence-corrected chi connectivity index (χ4v) is 11.4. The summed E-state index contributed by atoms with van der Waals surface area (Å²) in [6, 6.07) is 87.9. The number of hydrogen-bond acceptors (Lipinski definition) is 5. The first-order valence-corrected chi connectivity index (χ1v) is 23.1. The maximum atomic E-state index is 7.49. The predicted octanol–water partition coefficient (Wildman–Crippen LogP) is 11.6. The first-order valence-electron chi connectivity index (χ1n) is 23.1. The van der Waals surface area contributed by atoms with Gasteiger partial charge in [-0.05, 0) is 124 Å². The molecule has 0 aromatic heterocycles. The molecule has 10 aromatic carbocycles. The summed E-state index contributed by atoms with van der Waals surface area (Å²) in [4.78, 5) is 9.68. The van der Waals surface area contributed by atoms with Gasteiger partial charge in [-0.3, -0.25) is 0 Å². The number of para-hydroxylation sites is 7. The van der Waals surface area contributed by atoms with E-state index in [1.807, 2.05) is 0 Å². The second-order valence-electron chi connectivity index (χ2n) is 17.6. The van der Waals surface area contributed by atoms with Gasteiger partial charge in [0.25, 0.3) is 13.4 Å². The highest BCUT2D eigenvalue weighted by Gasteiger charge is 2.47. The Morgan fingerprint density at radius 3 is 1.25 bits per heavy atom. The van der Waals surface area contributed by atoms with Crippen molar-refractivity contribution in [3.05, 3.63) is 243 Å². The zero-order valence-corrected chi connectivity index (χ0v) is 36.4. The van der Waals surface area contributed by atoms with E-state index in [0.29, 0.717) is 0 Å². The van der Waals surface area contributed by atoms with Gasteiger partial charge in [-0.25, -0.2) is 0 Å². The van der Waals surface area contributed by atoms with E-state index in [4.69, 9.17) is 4.74 Å². The van der Waals surface area contributed by atoms with Crippen LogP contribution in [0.5, 0.6) is 11.5 Å². The fraction of sp³-hybridized carbons (Fsp3) is 0. The maximum absolute atomic E-state index is 7.49. The number of benzene rings is 10. The Hall–Kier alpha value is -8.67. The number of hydrogen-bond donors (Lipinski definition) is 0. The summed E-state index contributed by atoms with van der Waals surface area (Å²) in [5.41, 5.74) is 20.8. The predicted molar refractivity (Wildman–Crippen MR) is 281 cm³/mol. The first-order chi connectivity index (χ1) is 33.3. The van der Waals surface area contributed by atoms with E-state index in [1.54, 1.807) is 0 Å². The molecule has 0 fully saturated rings. The fourth-order valence-electron chi connectivity index (χ4n) is 11.4. The largest absolute Gasteiger partial charge is 0.458 e. The average Bonchev–Trinajstić information content (AvgIpc) is 3.39. The van der Waals surface area contributed by atoms with Gasteiger partial charge in [0.1, 0.15) is 11.5 Å². The second-order valence-corrected chi connectivity index (χ2v) is 17.6. The molecule has 4 heterocycles. The van der Waals surface area contributed by atoms with Crippen molar-refractivity contribution in [1.29, 1.82) is 0 Å². The molecular weight excluding hydrogens is 814 g/mol. The molecule has 7 heteroatoms. The van der Waals surface area contributed by atoms with E-state index in [0.717, 1.165) is 68.1 Å². The molecule has 0 unspecified atom stereocenters. The van der Waals surface area contributed by atoms with Crippen LogP contribution in [-0.4, -0.2) is 13.4 Å². The van der Waals surface area contributed by atoms with Crippen molar-refractivity contribution in [3.8, 4) is 11.5 Å². The van der Waals surface area contributed by atoms with Crippen molar-refractivity contribution in [3.63, 3.8) is 0 Å². The lowest BCUT2D eigenvalue weighted by atomic mass is 9.30. The molecule has 0 atom stereocenters. The highest BCUT2D eigenvalue weighted by atomic mass is 16.5. The number of nitrogens with zero attached hydrogens (tertiary/aromatic N) is 4. The third-order valence-corrected chi connectivity index (χ3v) is 14.0. The van der Waals surface area contributed by atoms with E-state index in [9.17, 15) is 0 Å². The van der Waals surface area contributed by atoms with Crippen LogP contribution in [-0.2, 0) is 0 Å². The molecule has 10 aromatic rings. The molecule has 67 heavy (non-hydrogen) atoms. The number of anilines is 12. The van der Waals surface area contributed by atoms with E-state index >= 15 is 0 Å². The van der Waals surface area contributed by atoms with Gasteiger partial charge in [0, 0.05) is 74.7 Å². The lowest BCUT2D eigenvalue weighted by molar-refractivity contribution is 0.488. The molecule has 4 aliphatic rings. The number of rotatable bonds is 6. The Labute approximate surface area is 391 Å². The van der Waals surface area contributed by atoms with Gasteiger partial charge < -0.3 is 24.3 Å².